The summed E-state index contributed by atoms with van der Waals surface area (Å²) in [6.07, 6.45) is 8.83. The molecular weight excluding hydrogens is 486 g/mol. The Labute approximate surface area is 221 Å². The van der Waals surface area contributed by atoms with Gasteiger partial charge in [0.1, 0.15) is 5.75 Å². The van der Waals surface area contributed by atoms with Gasteiger partial charge in [-0.25, -0.2) is 4.98 Å². The lowest BCUT2D eigenvalue weighted by Crippen LogP contribution is -2.29. The molecule has 1 aliphatic heterocycles. The highest BCUT2D eigenvalue weighted by molar-refractivity contribution is 7.80. The Morgan fingerprint density at radius 3 is 2.53 bits per heavy atom. The van der Waals surface area contributed by atoms with Crippen LogP contribution in [0.2, 0.25) is 0 Å². The largest absolute Gasteiger partial charge is 0.490 e. The smallest absolute Gasteiger partial charge is 0.193 e. The summed E-state index contributed by atoms with van der Waals surface area (Å²) in [5.74, 6) is 0.920. The summed E-state index contributed by atoms with van der Waals surface area (Å²) in [5, 5.41) is 7.25. The molecule has 0 radical (unpaired) electrons. The summed E-state index contributed by atoms with van der Waals surface area (Å²) in [4.78, 5) is 11.5. The first-order valence-electron chi connectivity index (χ1n) is 12.5. The number of ether oxygens (including phenoxy) is 1. The highest BCUT2D eigenvalue weighted by atomic mass is 32.1. The molecule has 1 aliphatic carbocycles. The number of hydrogen-bond acceptors (Lipinski definition) is 5. The average molecular weight is 516 g/mol. The molecule has 0 amide bonds. The van der Waals surface area contributed by atoms with Crippen molar-refractivity contribution in [3.05, 3.63) is 88.9 Å². The third-order valence-corrected chi connectivity index (χ3v) is 8.29. The lowest BCUT2D eigenvalue weighted by Gasteiger charge is -2.28. The third-order valence-electron chi connectivity index (χ3n) is 7.22. The van der Waals surface area contributed by atoms with Gasteiger partial charge in [-0.05, 0) is 99.8 Å². The summed E-state index contributed by atoms with van der Waals surface area (Å²) in [5.41, 5.74) is 5.51. The predicted molar refractivity (Wildman–Crippen MR) is 148 cm³/mol. The van der Waals surface area contributed by atoms with Gasteiger partial charge >= 0.3 is 0 Å². The molecule has 3 aromatic heterocycles. The van der Waals surface area contributed by atoms with Gasteiger partial charge < -0.3 is 15.0 Å². The van der Waals surface area contributed by atoms with Crippen LogP contribution in [-0.4, -0.2) is 25.8 Å². The van der Waals surface area contributed by atoms with Crippen LogP contribution in [0.1, 0.15) is 60.4 Å². The van der Waals surface area contributed by atoms with E-state index in [4.69, 9.17) is 21.9 Å². The van der Waals surface area contributed by atoms with Gasteiger partial charge in [0, 0.05) is 34.8 Å². The predicted octanol–water partition coefficient (Wildman–Crippen LogP) is 6.44. The first-order chi connectivity index (χ1) is 17.6. The van der Waals surface area contributed by atoms with E-state index >= 15 is 0 Å². The van der Waals surface area contributed by atoms with Gasteiger partial charge in [0.05, 0.1) is 23.9 Å². The van der Waals surface area contributed by atoms with Gasteiger partial charge in [0.25, 0.3) is 0 Å². The Morgan fingerprint density at radius 1 is 1.03 bits per heavy atom. The fraction of sp³-hybridized carbons (Fsp3) is 0.321. The van der Waals surface area contributed by atoms with Crippen molar-refractivity contribution in [3.8, 4) is 10.9 Å². The lowest BCUT2D eigenvalue weighted by atomic mass is 9.96. The van der Waals surface area contributed by atoms with Crippen LogP contribution in [0.5, 0.6) is 5.75 Å². The van der Waals surface area contributed by atoms with E-state index in [1.54, 1.807) is 11.3 Å². The summed E-state index contributed by atoms with van der Waals surface area (Å²) in [7, 11) is 0. The van der Waals surface area contributed by atoms with Crippen molar-refractivity contribution in [1.82, 2.24) is 19.9 Å². The van der Waals surface area contributed by atoms with Crippen molar-refractivity contribution < 1.29 is 4.74 Å². The van der Waals surface area contributed by atoms with Gasteiger partial charge in [-0.3, -0.25) is 9.55 Å². The molecule has 0 spiro atoms. The Balaban J connectivity index is 1.40. The number of rotatable bonds is 6. The minimum atomic E-state index is -0.0849. The van der Waals surface area contributed by atoms with Crippen LogP contribution < -0.4 is 15.0 Å². The van der Waals surface area contributed by atoms with Crippen molar-refractivity contribution in [3.63, 3.8) is 0 Å². The van der Waals surface area contributed by atoms with Crippen molar-refractivity contribution >= 4 is 34.4 Å². The molecule has 4 aromatic rings. The fourth-order valence-electron chi connectivity index (χ4n) is 5.54. The fourth-order valence-corrected chi connectivity index (χ4v) is 6.64. The number of hydrogen-bond donors (Lipinski definition) is 1. The number of pyridine rings is 1. The van der Waals surface area contributed by atoms with Gasteiger partial charge in [-0.15, -0.1) is 11.3 Å². The molecule has 1 saturated heterocycles. The molecule has 2 aliphatic rings. The standard InChI is InChI=1S/C28H29N5OS2/c1-18-17-23(19(2)32(18)28-30-15-16-36-28)26-25(24-9-5-6-14-29-24)31-27(35)33(26)20-10-12-22(13-11-20)34-21-7-3-4-8-21/h5-6,9-17,21,25-26H,3-4,7-8H2,1-2H3,(H,31,35)/t25-,26-/m0/s1. The second-order valence-electron chi connectivity index (χ2n) is 9.49. The molecule has 4 heterocycles. The highest BCUT2D eigenvalue weighted by Crippen LogP contribution is 2.44. The zero-order chi connectivity index (χ0) is 24.6. The average Bonchev–Trinajstić information content (AvgIpc) is 3.69. The van der Waals surface area contributed by atoms with E-state index in [-0.39, 0.29) is 12.1 Å². The number of benzene rings is 1. The number of aryl methyl sites for hydroxylation is 1. The van der Waals surface area contributed by atoms with Crippen molar-refractivity contribution in [2.75, 3.05) is 4.90 Å². The normalized spacial score (nSPS) is 20.2. The summed E-state index contributed by atoms with van der Waals surface area (Å²) in [6.45, 7) is 4.30. The molecule has 6 nitrogen and oxygen atoms in total. The van der Waals surface area contributed by atoms with Crippen LogP contribution >= 0.6 is 23.6 Å². The highest BCUT2D eigenvalue weighted by Gasteiger charge is 2.42. The van der Waals surface area contributed by atoms with Crippen LogP contribution in [0.15, 0.2) is 66.3 Å². The number of nitrogens with one attached hydrogen (secondary N) is 1. The van der Waals surface area contributed by atoms with Gasteiger partial charge in [0.2, 0.25) is 0 Å². The molecule has 6 rings (SSSR count). The zero-order valence-corrected chi connectivity index (χ0v) is 22.1. The van der Waals surface area contributed by atoms with E-state index in [0.717, 1.165) is 46.5 Å². The quantitative estimate of drug-likeness (QED) is 0.298. The molecule has 1 saturated carbocycles. The molecule has 2 atom stereocenters. The SMILES string of the molecule is Cc1cc([C@H]2[C@H](c3ccccn3)NC(=S)N2c2ccc(OC3CCCC3)cc2)c(C)n1-c1nccs1. The summed E-state index contributed by atoms with van der Waals surface area (Å²) < 4.78 is 8.44. The topological polar surface area (TPSA) is 55.2 Å². The van der Waals surface area contributed by atoms with E-state index in [9.17, 15) is 0 Å². The molecule has 8 heteroatoms. The van der Waals surface area contributed by atoms with E-state index < -0.39 is 0 Å². The third kappa shape index (κ3) is 4.18. The van der Waals surface area contributed by atoms with E-state index in [1.165, 1.54) is 18.4 Å². The number of nitrogens with zero attached hydrogens (tertiary/aromatic N) is 4. The number of thiocarbonyl (C=S) groups is 1. The van der Waals surface area contributed by atoms with Crippen LogP contribution in [-0.2, 0) is 0 Å². The van der Waals surface area contributed by atoms with Crippen LogP contribution in [0.3, 0.4) is 0 Å². The summed E-state index contributed by atoms with van der Waals surface area (Å²) >= 11 is 7.57. The molecule has 1 N–H and O–H groups in total. The Hall–Kier alpha value is -3.23. The van der Waals surface area contributed by atoms with Crippen LogP contribution in [0.25, 0.3) is 5.13 Å². The first kappa shape index (κ1) is 23.2. The van der Waals surface area contributed by atoms with Crippen molar-refractivity contribution in [1.29, 1.82) is 0 Å². The van der Waals surface area contributed by atoms with Crippen molar-refractivity contribution in [2.45, 2.75) is 57.7 Å². The summed E-state index contributed by atoms with van der Waals surface area (Å²) in [6, 6.07) is 16.5. The molecule has 0 unspecified atom stereocenters. The number of aromatic nitrogens is 3. The molecule has 36 heavy (non-hydrogen) atoms. The van der Waals surface area contributed by atoms with Gasteiger partial charge in [0.15, 0.2) is 10.2 Å². The zero-order valence-electron chi connectivity index (χ0n) is 20.4. The maximum atomic E-state index is 6.22. The molecular formula is C28H29N5OS2. The molecule has 184 valence electrons. The van der Waals surface area contributed by atoms with Crippen LogP contribution in [0.4, 0.5) is 5.69 Å². The molecule has 2 fully saturated rings. The van der Waals surface area contributed by atoms with E-state index in [2.05, 4.69) is 70.0 Å². The maximum Gasteiger partial charge on any atom is 0.193 e. The lowest BCUT2D eigenvalue weighted by molar-refractivity contribution is 0.210. The number of thiazole rings is 1. The molecule has 0 bridgehead atoms. The minimum Gasteiger partial charge on any atom is -0.490 e. The van der Waals surface area contributed by atoms with Gasteiger partial charge in [-0.1, -0.05) is 6.07 Å². The second-order valence-corrected chi connectivity index (χ2v) is 10.8. The van der Waals surface area contributed by atoms with E-state index in [1.807, 2.05) is 29.9 Å². The Kier molecular flexibility index (Phi) is 6.23. The first-order valence-corrected chi connectivity index (χ1v) is 13.7. The minimum absolute atomic E-state index is 0.0612. The monoisotopic (exact) mass is 515 g/mol. The Bertz CT molecular complexity index is 1340. The van der Waals surface area contributed by atoms with Crippen molar-refractivity contribution in [2.24, 2.45) is 0 Å². The Morgan fingerprint density at radius 2 is 1.83 bits per heavy atom. The number of anilines is 1. The molecule has 1 aromatic carbocycles. The maximum absolute atomic E-state index is 6.22. The van der Waals surface area contributed by atoms with Gasteiger partial charge in [-0.2, -0.15) is 0 Å². The van der Waals surface area contributed by atoms with Crippen LogP contribution in [0, 0.1) is 13.8 Å². The second kappa shape index (κ2) is 9.67. The van der Waals surface area contributed by atoms with E-state index in [0.29, 0.717) is 11.2 Å².